The number of rotatable bonds is 5. The summed E-state index contributed by atoms with van der Waals surface area (Å²) in [5.74, 6) is 0.900. The van der Waals surface area contributed by atoms with Crippen LogP contribution in [0.2, 0.25) is 0 Å². The minimum Gasteiger partial charge on any atom is -0.324 e. The van der Waals surface area contributed by atoms with Gasteiger partial charge >= 0.3 is 0 Å². The van der Waals surface area contributed by atoms with Gasteiger partial charge in [-0.2, -0.15) is 0 Å². The van der Waals surface area contributed by atoms with Gasteiger partial charge < -0.3 is 10.6 Å². The molecule has 0 saturated heterocycles. The number of hydrogen-bond donors (Lipinski definition) is 1. The Morgan fingerprint density at radius 1 is 1.25 bits per heavy atom. The van der Waals surface area contributed by atoms with Crippen LogP contribution in [0.5, 0.6) is 0 Å². The lowest BCUT2D eigenvalue weighted by atomic mass is 9.85. The van der Waals surface area contributed by atoms with E-state index in [4.69, 9.17) is 5.73 Å². The smallest absolute Gasteiger partial charge is 0.0278 e. The van der Waals surface area contributed by atoms with Crippen LogP contribution < -0.4 is 5.73 Å². The van der Waals surface area contributed by atoms with Crippen LogP contribution in [0.1, 0.15) is 59.3 Å². The van der Waals surface area contributed by atoms with Gasteiger partial charge in [-0.25, -0.2) is 0 Å². The van der Waals surface area contributed by atoms with Gasteiger partial charge in [0.15, 0.2) is 0 Å². The lowest BCUT2D eigenvalue weighted by Gasteiger charge is -2.39. The van der Waals surface area contributed by atoms with E-state index in [1.807, 2.05) is 0 Å². The zero-order chi connectivity index (χ0) is 12.2. The van der Waals surface area contributed by atoms with E-state index in [2.05, 4.69) is 32.7 Å². The van der Waals surface area contributed by atoms with Crippen molar-refractivity contribution >= 4 is 0 Å². The highest BCUT2D eigenvalue weighted by Crippen LogP contribution is 2.27. The lowest BCUT2D eigenvalue weighted by Crippen LogP contribution is -2.51. The Morgan fingerprint density at radius 2 is 1.88 bits per heavy atom. The Kier molecular flexibility index (Phi) is 5.26. The standard InChI is InChI=1S/C14H30N2/c1-5-14(15,6-2)11-16(4)13-9-7-8-12(3)10-13/h12-13H,5-11,15H2,1-4H3. The van der Waals surface area contributed by atoms with Crippen LogP contribution in [0.4, 0.5) is 0 Å². The quantitative estimate of drug-likeness (QED) is 0.781. The summed E-state index contributed by atoms with van der Waals surface area (Å²) < 4.78 is 0. The molecule has 2 unspecified atom stereocenters. The molecule has 2 atom stereocenters. The third-order valence-corrected chi connectivity index (χ3v) is 4.50. The molecule has 0 spiro atoms. The summed E-state index contributed by atoms with van der Waals surface area (Å²) in [5.41, 5.74) is 6.42. The fourth-order valence-corrected chi connectivity index (χ4v) is 2.90. The summed E-state index contributed by atoms with van der Waals surface area (Å²) in [7, 11) is 2.26. The molecule has 96 valence electrons. The SMILES string of the molecule is CCC(N)(CC)CN(C)C1CCCC(C)C1. The molecule has 2 N–H and O–H groups in total. The van der Waals surface area contributed by atoms with E-state index in [9.17, 15) is 0 Å². The van der Waals surface area contributed by atoms with Crippen molar-refractivity contribution < 1.29 is 0 Å². The van der Waals surface area contributed by atoms with Crippen molar-refractivity contribution in [1.82, 2.24) is 4.90 Å². The molecule has 1 aliphatic rings. The van der Waals surface area contributed by atoms with Crippen LogP contribution in [0.3, 0.4) is 0 Å². The fraction of sp³-hybridized carbons (Fsp3) is 1.00. The molecular weight excluding hydrogens is 196 g/mol. The highest BCUT2D eigenvalue weighted by Gasteiger charge is 2.28. The first-order valence-electron chi connectivity index (χ1n) is 7.00. The Morgan fingerprint density at radius 3 is 2.38 bits per heavy atom. The Hall–Kier alpha value is -0.0800. The molecule has 0 aromatic heterocycles. The van der Waals surface area contributed by atoms with Crippen molar-refractivity contribution in [3.8, 4) is 0 Å². The summed E-state index contributed by atoms with van der Waals surface area (Å²) in [5, 5.41) is 0. The first kappa shape index (κ1) is 14.0. The molecular formula is C14H30N2. The molecule has 1 saturated carbocycles. The minimum absolute atomic E-state index is 0.0232. The van der Waals surface area contributed by atoms with E-state index in [1.165, 1.54) is 25.7 Å². The summed E-state index contributed by atoms with van der Waals surface area (Å²) in [6.07, 6.45) is 7.70. The maximum Gasteiger partial charge on any atom is 0.0278 e. The maximum atomic E-state index is 6.40. The molecule has 1 rings (SSSR count). The fourth-order valence-electron chi connectivity index (χ4n) is 2.90. The van der Waals surface area contributed by atoms with Gasteiger partial charge in [0.2, 0.25) is 0 Å². The van der Waals surface area contributed by atoms with Gasteiger partial charge in [-0.3, -0.25) is 0 Å². The second-order valence-corrected chi connectivity index (χ2v) is 5.91. The van der Waals surface area contributed by atoms with Crippen molar-refractivity contribution in [2.45, 2.75) is 70.9 Å². The summed E-state index contributed by atoms with van der Waals surface area (Å²) in [4.78, 5) is 2.52. The molecule has 0 heterocycles. The topological polar surface area (TPSA) is 29.3 Å². The van der Waals surface area contributed by atoms with Gasteiger partial charge in [0, 0.05) is 18.1 Å². The number of nitrogens with zero attached hydrogens (tertiary/aromatic N) is 1. The van der Waals surface area contributed by atoms with E-state index in [0.29, 0.717) is 0 Å². The Balaban J connectivity index is 2.47. The summed E-state index contributed by atoms with van der Waals surface area (Å²) in [6.45, 7) is 7.86. The molecule has 0 aliphatic heterocycles. The van der Waals surface area contributed by atoms with Crippen LogP contribution in [0.25, 0.3) is 0 Å². The van der Waals surface area contributed by atoms with Gasteiger partial charge in [0.25, 0.3) is 0 Å². The van der Waals surface area contributed by atoms with Crippen LogP contribution in [-0.4, -0.2) is 30.1 Å². The van der Waals surface area contributed by atoms with Gasteiger partial charge in [0.1, 0.15) is 0 Å². The third kappa shape index (κ3) is 3.74. The molecule has 2 heteroatoms. The normalized spacial score (nSPS) is 27.4. The van der Waals surface area contributed by atoms with Gasteiger partial charge in [0.05, 0.1) is 0 Å². The van der Waals surface area contributed by atoms with Crippen LogP contribution in [0, 0.1) is 5.92 Å². The highest BCUT2D eigenvalue weighted by atomic mass is 15.1. The largest absolute Gasteiger partial charge is 0.324 e. The molecule has 2 nitrogen and oxygen atoms in total. The zero-order valence-corrected chi connectivity index (χ0v) is 11.6. The molecule has 0 aromatic carbocycles. The number of likely N-dealkylation sites (N-methyl/N-ethyl adjacent to an activating group) is 1. The first-order valence-corrected chi connectivity index (χ1v) is 7.00. The van der Waals surface area contributed by atoms with E-state index in [-0.39, 0.29) is 5.54 Å². The predicted octanol–water partition coefficient (Wildman–Crippen LogP) is 3.01. The van der Waals surface area contributed by atoms with Gasteiger partial charge in [-0.15, -0.1) is 0 Å². The Labute approximate surface area is 102 Å². The van der Waals surface area contributed by atoms with Crippen LogP contribution in [0.15, 0.2) is 0 Å². The third-order valence-electron chi connectivity index (χ3n) is 4.50. The second-order valence-electron chi connectivity index (χ2n) is 5.91. The first-order chi connectivity index (χ1) is 7.50. The Bertz CT molecular complexity index is 199. The average molecular weight is 226 g/mol. The van der Waals surface area contributed by atoms with Gasteiger partial charge in [-0.1, -0.05) is 33.6 Å². The maximum absolute atomic E-state index is 6.40. The van der Waals surface area contributed by atoms with E-state index in [0.717, 1.165) is 31.3 Å². The van der Waals surface area contributed by atoms with Crippen molar-refractivity contribution in [3.63, 3.8) is 0 Å². The van der Waals surface area contributed by atoms with E-state index < -0.39 is 0 Å². The van der Waals surface area contributed by atoms with Crippen LogP contribution >= 0.6 is 0 Å². The lowest BCUT2D eigenvalue weighted by molar-refractivity contribution is 0.129. The monoisotopic (exact) mass is 226 g/mol. The predicted molar refractivity (Wildman–Crippen MR) is 71.6 cm³/mol. The summed E-state index contributed by atoms with van der Waals surface area (Å²) in [6, 6.07) is 0.768. The molecule has 16 heavy (non-hydrogen) atoms. The average Bonchev–Trinajstić information content (AvgIpc) is 2.29. The van der Waals surface area contributed by atoms with Crippen molar-refractivity contribution in [1.29, 1.82) is 0 Å². The number of hydrogen-bond acceptors (Lipinski definition) is 2. The highest BCUT2D eigenvalue weighted by molar-refractivity contribution is 4.87. The zero-order valence-electron chi connectivity index (χ0n) is 11.6. The molecule has 1 fully saturated rings. The molecule has 0 bridgehead atoms. The molecule has 0 amide bonds. The van der Waals surface area contributed by atoms with Crippen molar-refractivity contribution in [2.24, 2.45) is 11.7 Å². The molecule has 0 aromatic rings. The molecule has 0 radical (unpaired) electrons. The van der Waals surface area contributed by atoms with Crippen LogP contribution in [-0.2, 0) is 0 Å². The van der Waals surface area contributed by atoms with Crippen molar-refractivity contribution in [2.75, 3.05) is 13.6 Å². The van der Waals surface area contributed by atoms with Gasteiger partial charge in [-0.05, 0) is 38.6 Å². The second kappa shape index (κ2) is 6.02. The number of nitrogens with two attached hydrogens (primary N) is 1. The van der Waals surface area contributed by atoms with Crippen molar-refractivity contribution in [3.05, 3.63) is 0 Å². The molecule has 1 aliphatic carbocycles. The van der Waals surface area contributed by atoms with E-state index in [1.54, 1.807) is 0 Å². The summed E-state index contributed by atoms with van der Waals surface area (Å²) >= 11 is 0. The van der Waals surface area contributed by atoms with E-state index >= 15 is 0 Å². The minimum atomic E-state index is 0.0232.